The van der Waals surface area contributed by atoms with Crippen molar-refractivity contribution >= 4 is 10.0 Å². The van der Waals surface area contributed by atoms with E-state index in [1.165, 1.54) is 4.31 Å². The van der Waals surface area contributed by atoms with Gasteiger partial charge < -0.3 is 9.15 Å². The maximum absolute atomic E-state index is 12.5. The molecule has 2 heterocycles. The van der Waals surface area contributed by atoms with Crippen molar-refractivity contribution in [1.82, 2.24) is 4.31 Å². The first kappa shape index (κ1) is 14.6. The minimum Gasteiger partial charge on any atom is -0.469 e. The molecule has 0 aliphatic carbocycles. The van der Waals surface area contributed by atoms with Gasteiger partial charge in [-0.3, -0.25) is 0 Å². The van der Waals surface area contributed by atoms with E-state index in [1.807, 2.05) is 20.8 Å². The molecular weight excluding hydrogens is 266 g/mol. The molecule has 0 radical (unpaired) electrons. The molecule has 2 rings (SSSR count). The van der Waals surface area contributed by atoms with Crippen LogP contribution in [0.25, 0.3) is 0 Å². The maximum atomic E-state index is 12.5. The quantitative estimate of drug-likeness (QED) is 0.849. The van der Waals surface area contributed by atoms with Crippen LogP contribution >= 0.6 is 0 Å². The van der Waals surface area contributed by atoms with E-state index in [0.29, 0.717) is 13.0 Å². The smallest absolute Gasteiger partial charge is 0.219 e. The molecule has 0 bridgehead atoms. The lowest BCUT2D eigenvalue weighted by Crippen LogP contribution is -2.36. The Bertz CT molecular complexity index is 547. The average Bonchev–Trinajstić information content (AvgIpc) is 2.86. The monoisotopic (exact) mass is 287 g/mol. The largest absolute Gasteiger partial charge is 0.469 e. The highest BCUT2D eigenvalue weighted by Gasteiger charge is 2.41. The second-order valence-electron chi connectivity index (χ2n) is 5.70. The summed E-state index contributed by atoms with van der Waals surface area (Å²) in [5, 5.41) is -0.459. The van der Waals surface area contributed by atoms with Crippen molar-refractivity contribution in [3.05, 3.63) is 23.7 Å². The normalized spacial score (nSPS) is 23.1. The fourth-order valence-corrected chi connectivity index (χ4v) is 4.02. The predicted molar refractivity (Wildman–Crippen MR) is 72.3 cm³/mol. The highest BCUT2D eigenvalue weighted by Crippen LogP contribution is 2.30. The highest BCUT2D eigenvalue weighted by molar-refractivity contribution is 7.89. The Balaban J connectivity index is 2.10. The van der Waals surface area contributed by atoms with Gasteiger partial charge in [0.2, 0.25) is 10.0 Å². The van der Waals surface area contributed by atoms with Gasteiger partial charge in [-0.2, -0.15) is 0 Å². The first-order chi connectivity index (χ1) is 8.72. The Kier molecular flexibility index (Phi) is 3.77. The minimum absolute atomic E-state index is 0.268. The number of furan rings is 1. The van der Waals surface area contributed by atoms with Crippen molar-refractivity contribution in [3.8, 4) is 0 Å². The summed E-state index contributed by atoms with van der Waals surface area (Å²) < 4.78 is 37.1. The van der Waals surface area contributed by atoms with Crippen molar-refractivity contribution in [1.29, 1.82) is 0 Å². The number of sulfonamides is 1. The van der Waals surface area contributed by atoms with E-state index in [1.54, 1.807) is 19.4 Å². The molecule has 0 saturated carbocycles. The minimum atomic E-state index is -3.34. The lowest BCUT2D eigenvalue weighted by Gasteiger charge is -2.21. The van der Waals surface area contributed by atoms with Gasteiger partial charge in [0.25, 0.3) is 0 Å². The molecule has 0 aromatic carbocycles. The van der Waals surface area contributed by atoms with Crippen LogP contribution in [0.3, 0.4) is 0 Å². The number of aryl methyl sites for hydroxylation is 1. The van der Waals surface area contributed by atoms with Gasteiger partial charge in [0.05, 0.1) is 18.5 Å². The number of rotatable bonds is 4. The second kappa shape index (κ2) is 4.92. The summed E-state index contributed by atoms with van der Waals surface area (Å²) in [5.74, 6) is 0.755. The van der Waals surface area contributed by atoms with Gasteiger partial charge in [-0.25, -0.2) is 12.7 Å². The molecule has 1 unspecified atom stereocenters. The van der Waals surface area contributed by atoms with E-state index in [4.69, 9.17) is 9.15 Å². The first-order valence-corrected chi connectivity index (χ1v) is 7.85. The second-order valence-corrected chi connectivity index (χ2v) is 8.02. The molecule has 1 aliphatic rings. The van der Waals surface area contributed by atoms with Crippen molar-refractivity contribution in [3.63, 3.8) is 0 Å². The molecule has 1 aromatic rings. The van der Waals surface area contributed by atoms with Gasteiger partial charge in [-0.05, 0) is 33.3 Å². The Hall–Kier alpha value is -0.850. The van der Waals surface area contributed by atoms with Crippen LogP contribution in [0.1, 0.15) is 31.6 Å². The van der Waals surface area contributed by atoms with Gasteiger partial charge in [0, 0.05) is 19.2 Å². The molecule has 1 aliphatic heterocycles. The fourth-order valence-electron chi connectivity index (χ4n) is 2.34. The summed E-state index contributed by atoms with van der Waals surface area (Å²) in [4.78, 5) is 0. The van der Waals surface area contributed by atoms with E-state index >= 15 is 0 Å². The lowest BCUT2D eigenvalue weighted by molar-refractivity contribution is 0.0367. The maximum Gasteiger partial charge on any atom is 0.219 e. The van der Waals surface area contributed by atoms with Crippen molar-refractivity contribution in [2.45, 2.75) is 44.6 Å². The van der Waals surface area contributed by atoms with Crippen LogP contribution in [0.15, 0.2) is 16.7 Å². The SMILES string of the molecule is Cc1occc1CN(C)S(=O)(=O)C1COC(C)(C)C1. The zero-order valence-corrected chi connectivity index (χ0v) is 12.7. The Morgan fingerprint density at radius 2 is 2.16 bits per heavy atom. The van der Waals surface area contributed by atoms with Crippen LogP contribution in [-0.2, 0) is 21.3 Å². The van der Waals surface area contributed by atoms with Crippen molar-refractivity contribution in [2.24, 2.45) is 0 Å². The van der Waals surface area contributed by atoms with Gasteiger partial charge in [0.15, 0.2) is 0 Å². The third-order valence-corrected chi connectivity index (χ3v) is 5.74. The van der Waals surface area contributed by atoms with Crippen LogP contribution in [0.5, 0.6) is 0 Å². The Morgan fingerprint density at radius 3 is 2.63 bits per heavy atom. The molecule has 1 saturated heterocycles. The van der Waals surface area contributed by atoms with Crippen LogP contribution in [0, 0.1) is 6.92 Å². The molecule has 19 heavy (non-hydrogen) atoms. The number of ether oxygens (including phenoxy) is 1. The Labute approximate surface area is 114 Å². The summed E-state index contributed by atoms with van der Waals surface area (Å²) in [6.45, 7) is 6.27. The number of hydrogen-bond donors (Lipinski definition) is 0. The van der Waals surface area contributed by atoms with Gasteiger partial charge in [-0.15, -0.1) is 0 Å². The van der Waals surface area contributed by atoms with E-state index in [9.17, 15) is 8.42 Å². The number of nitrogens with zero attached hydrogens (tertiary/aromatic N) is 1. The molecule has 0 N–H and O–H groups in total. The molecule has 0 spiro atoms. The summed E-state index contributed by atoms with van der Waals surface area (Å²) in [5.41, 5.74) is 0.536. The molecule has 1 fully saturated rings. The fraction of sp³-hybridized carbons (Fsp3) is 0.692. The first-order valence-electron chi connectivity index (χ1n) is 6.34. The molecule has 6 heteroatoms. The van der Waals surface area contributed by atoms with E-state index in [-0.39, 0.29) is 12.2 Å². The van der Waals surface area contributed by atoms with Crippen LogP contribution in [0.4, 0.5) is 0 Å². The predicted octanol–water partition coefficient (Wildman–Crippen LogP) is 1.92. The highest BCUT2D eigenvalue weighted by atomic mass is 32.2. The Morgan fingerprint density at radius 1 is 1.47 bits per heavy atom. The zero-order chi connectivity index (χ0) is 14.3. The molecule has 0 amide bonds. The number of hydrogen-bond acceptors (Lipinski definition) is 4. The molecule has 1 aromatic heterocycles. The molecular formula is C13H21NO4S. The molecule has 108 valence electrons. The molecule has 1 atom stereocenters. The summed E-state index contributed by atoms with van der Waals surface area (Å²) in [7, 11) is -1.73. The lowest BCUT2D eigenvalue weighted by atomic mass is 10.1. The summed E-state index contributed by atoms with van der Waals surface area (Å²) in [6.07, 6.45) is 2.11. The third kappa shape index (κ3) is 3.01. The van der Waals surface area contributed by atoms with Crippen molar-refractivity contribution < 1.29 is 17.6 Å². The van der Waals surface area contributed by atoms with E-state index < -0.39 is 15.3 Å². The zero-order valence-electron chi connectivity index (χ0n) is 11.8. The average molecular weight is 287 g/mol. The van der Waals surface area contributed by atoms with Gasteiger partial charge in [-0.1, -0.05) is 0 Å². The standard InChI is InChI=1S/C13H21NO4S/c1-10-11(5-6-17-10)8-14(4)19(15,16)12-7-13(2,3)18-9-12/h5-6,12H,7-9H2,1-4H3. The summed E-state index contributed by atoms with van der Waals surface area (Å²) >= 11 is 0. The van der Waals surface area contributed by atoms with Crippen LogP contribution in [-0.4, -0.2) is 37.2 Å². The third-order valence-electron chi connectivity index (χ3n) is 3.59. The topological polar surface area (TPSA) is 59.8 Å². The van der Waals surface area contributed by atoms with E-state index in [0.717, 1.165) is 11.3 Å². The van der Waals surface area contributed by atoms with Gasteiger partial charge >= 0.3 is 0 Å². The van der Waals surface area contributed by atoms with Crippen LogP contribution < -0.4 is 0 Å². The molecule has 5 nitrogen and oxygen atoms in total. The van der Waals surface area contributed by atoms with Gasteiger partial charge in [0.1, 0.15) is 11.0 Å². The van der Waals surface area contributed by atoms with Crippen molar-refractivity contribution in [2.75, 3.05) is 13.7 Å². The summed E-state index contributed by atoms with van der Waals surface area (Å²) in [6, 6.07) is 1.80. The van der Waals surface area contributed by atoms with Crippen LogP contribution in [0.2, 0.25) is 0 Å². The van der Waals surface area contributed by atoms with E-state index in [2.05, 4.69) is 0 Å².